The van der Waals surface area contributed by atoms with Gasteiger partial charge in [-0.2, -0.15) is 0 Å². The molecular formula is C14H11ClN2O2S. The Kier molecular flexibility index (Phi) is 5.13. The Labute approximate surface area is 125 Å². The fourth-order valence-electron chi connectivity index (χ4n) is 1.41. The number of thiazole rings is 1. The minimum absolute atomic E-state index is 0.0297. The summed E-state index contributed by atoms with van der Waals surface area (Å²) in [5.74, 6) is 5.35. The highest BCUT2D eigenvalue weighted by atomic mass is 35.5. The Balaban J connectivity index is 2.06. The quantitative estimate of drug-likeness (QED) is 0.857. The van der Waals surface area contributed by atoms with E-state index in [2.05, 4.69) is 22.1 Å². The van der Waals surface area contributed by atoms with Crippen molar-refractivity contribution >= 4 is 34.0 Å². The number of nitrogens with one attached hydrogen (secondary N) is 1. The first-order chi connectivity index (χ1) is 9.70. The number of aromatic nitrogens is 1. The predicted octanol–water partition coefficient (Wildman–Crippen LogP) is 2.78. The molecule has 0 aliphatic rings. The largest absolute Gasteiger partial charge is 0.395 e. The topological polar surface area (TPSA) is 62.2 Å². The van der Waals surface area contributed by atoms with Crippen LogP contribution in [0.3, 0.4) is 0 Å². The molecular weight excluding hydrogens is 296 g/mol. The van der Waals surface area contributed by atoms with Gasteiger partial charge < -0.3 is 5.11 Å². The summed E-state index contributed by atoms with van der Waals surface area (Å²) in [6.45, 7) is 0.0297. The number of carbonyl (C=O) groups excluding carboxylic acids is 1. The van der Waals surface area contributed by atoms with Gasteiger partial charge in [0, 0.05) is 6.42 Å². The highest BCUT2D eigenvalue weighted by molar-refractivity contribution is 7.16. The maximum atomic E-state index is 12.0. The number of nitrogens with zero attached hydrogens (tertiary/aromatic N) is 1. The molecule has 0 spiro atoms. The number of aliphatic hydroxyl groups is 1. The van der Waals surface area contributed by atoms with Crippen LogP contribution in [0.1, 0.15) is 21.7 Å². The molecule has 1 aromatic carbocycles. The molecule has 6 heteroatoms. The monoisotopic (exact) mass is 306 g/mol. The van der Waals surface area contributed by atoms with Crippen LogP contribution in [0.5, 0.6) is 0 Å². The van der Waals surface area contributed by atoms with Gasteiger partial charge in [0.05, 0.1) is 28.3 Å². The van der Waals surface area contributed by atoms with E-state index in [9.17, 15) is 4.79 Å². The van der Waals surface area contributed by atoms with Gasteiger partial charge in [-0.3, -0.25) is 10.1 Å². The van der Waals surface area contributed by atoms with E-state index in [0.29, 0.717) is 22.1 Å². The van der Waals surface area contributed by atoms with Crippen LogP contribution in [0.4, 0.5) is 5.13 Å². The number of amides is 1. The average Bonchev–Trinajstić information content (AvgIpc) is 2.87. The van der Waals surface area contributed by atoms with Gasteiger partial charge in [-0.1, -0.05) is 46.9 Å². The molecule has 0 saturated heterocycles. The Bertz CT molecular complexity index is 673. The first-order valence-corrected chi connectivity index (χ1v) is 7.01. The second kappa shape index (κ2) is 7.06. The number of anilines is 1. The van der Waals surface area contributed by atoms with Crippen LogP contribution in [0, 0.1) is 11.8 Å². The van der Waals surface area contributed by atoms with Crippen LogP contribution in [0.2, 0.25) is 5.02 Å². The molecule has 102 valence electrons. The van der Waals surface area contributed by atoms with E-state index in [4.69, 9.17) is 16.7 Å². The van der Waals surface area contributed by atoms with Crippen LogP contribution >= 0.6 is 22.9 Å². The minimum atomic E-state index is -0.306. The molecule has 0 saturated carbocycles. The summed E-state index contributed by atoms with van der Waals surface area (Å²) in [6.07, 6.45) is 2.00. The van der Waals surface area contributed by atoms with Crippen molar-refractivity contribution in [3.63, 3.8) is 0 Å². The Hall–Kier alpha value is -1.87. The van der Waals surface area contributed by atoms with Crippen molar-refractivity contribution in [1.29, 1.82) is 0 Å². The highest BCUT2D eigenvalue weighted by Gasteiger charge is 2.11. The number of aliphatic hydroxyl groups excluding tert-OH is 1. The number of rotatable bonds is 3. The van der Waals surface area contributed by atoms with Crippen molar-refractivity contribution in [2.24, 2.45) is 0 Å². The van der Waals surface area contributed by atoms with Crippen molar-refractivity contribution in [2.45, 2.75) is 6.42 Å². The first-order valence-electron chi connectivity index (χ1n) is 5.82. The third-order valence-electron chi connectivity index (χ3n) is 2.29. The summed E-state index contributed by atoms with van der Waals surface area (Å²) in [5.41, 5.74) is 0.400. The zero-order chi connectivity index (χ0) is 14.4. The number of hydrogen-bond acceptors (Lipinski definition) is 4. The van der Waals surface area contributed by atoms with Gasteiger partial charge in [0.25, 0.3) is 5.91 Å². The lowest BCUT2D eigenvalue weighted by Gasteiger charge is -2.02. The highest BCUT2D eigenvalue weighted by Crippen LogP contribution is 2.20. The molecule has 4 nitrogen and oxygen atoms in total. The zero-order valence-corrected chi connectivity index (χ0v) is 12.0. The molecule has 0 radical (unpaired) electrons. The summed E-state index contributed by atoms with van der Waals surface area (Å²) in [6, 6.07) is 6.81. The summed E-state index contributed by atoms with van der Waals surface area (Å²) < 4.78 is 0. The van der Waals surface area contributed by atoms with Crippen LogP contribution in [-0.4, -0.2) is 22.6 Å². The van der Waals surface area contributed by atoms with Gasteiger partial charge >= 0.3 is 0 Å². The molecule has 0 unspecified atom stereocenters. The summed E-state index contributed by atoms with van der Waals surface area (Å²) in [7, 11) is 0. The van der Waals surface area contributed by atoms with Gasteiger partial charge in [-0.15, -0.1) is 0 Å². The van der Waals surface area contributed by atoms with E-state index in [0.717, 1.165) is 4.88 Å². The van der Waals surface area contributed by atoms with Gasteiger partial charge in [-0.25, -0.2) is 4.98 Å². The van der Waals surface area contributed by atoms with Gasteiger partial charge in [0.1, 0.15) is 0 Å². The van der Waals surface area contributed by atoms with E-state index >= 15 is 0 Å². The van der Waals surface area contributed by atoms with Crippen molar-refractivity contribution in [1.82, 2.24) is 4.98 Å². The molecule has 0 aliphatic carbocycles. The molecule has 0 bridgehead atoms. The second-order valence-corrected chi connectivity index (χ2v) is 5.18. The molecule has 2 rings (SSSR count). The van der Waals surface area contributed by atoms with Crippen LogP contribution in [0.15, 0.2) is 30.5 Å². The normalized spacial score (nSPS) is 9.70. The third-order valence-corrected chi connectivity index (χ3v) is 3.45. The summed E-state index contributed by atoms with van der Waals surface area (Å²) in [4.78, 5) is 16.8. The molecule has 1 amide bonds. The van der Waals surface area contributed by atoms with Crippen LogP contribution in [0.25, 0.3) is 0 Å². The lowest BCUT2D eigenvalue weighted by atomic mass is 10.2. The van der Waals surface area contributed by atoms with Gasteiger partial charge in [-0.05, 0) is 12.1 Å². The fourth-order valence-corrected chi connectivity index (χ4v) is 2.31. The lowest BCUT2D eigenvalue weighted by Crippen LogP contribution is -2.11. The van der Waals surface area contributed by atoms with Crippen molar-refractivity contribution in [3.8, 4) is 11.8 Å². The fraction of sp³-hybridized carbons (Fsp3) is 0.143. The van der Waals surface area contributed by atoms with E-state index in [1.807, 2.05) is 0 Å². The van der Waals surface area contributed by atoms with Gasteiger partial charge in [0.2, 0.25) is 0 Å². The van der Waals surface area contributed by atoms with Gasteiger partial charge in [0.15, 0.2) is 5.13 Å². The van der Waals surface area contributed by atoms with Crippen LogP contribution < -0.4 is 5.32 Å². The predicted molar refractivity (Wildman–Crippen MR) is 80.1 cm³/mol. The molecule has 0 atom stereocenters. The van der Waals surface area contributed by atoms with E-state index in [1.165, 1.54) is 11.3 Å². The summed E-state index contributed by atoms with van der Waals surface area (Å²) in [5, 5.41) is 12.2. The first kappa shape index (κ1) is 14.5. The molecule has 0 aliphatic heterocycles. The van der Waals surface area contributed by atoms with E-state index < -0.39 is 0 Å². The number of benzene rings is 1. The number of hydrogen-bond donors (Lipinski definition) is 2. The Morgan fingerprint density at radius 1 is 1.45 bits per heavy atom. The molecule has 0 fully saturated rings. The van der Waals surface area contributed by atoms with Crippen LogP contribution in [-0.2, 0) is 0 Å². The maximum absolute atomic E-state index is 12.0. The lowest BCUT2D eigenvalue weighted by molar-refractivity contribution is 0.102. The zero-order valence-electron chi connectivity index (χ0n) is 10.4. The van der Waals surface area contributed by atoms with Crippen molar-refractivity contribution in [3.05, 3.63) is 45.9 Å². The molecule has 2 N–H and O–H groups in total. The molecule has 20 heavy (non-hydrogen) atoms. The van der Waals surface area contributed by atoms with Crippen molar-refractivity contribution < 1.29 is 9.90 Å². The molecule has 1 aromatic heterocycles. The van der Waals surface area contributed by atoms with E-state index in [1.54, 1.807) is 30.5 Å². The minimum Gasteiger partial charge on any atom is -0.395 e. The standard InChI is InChI=1S/C14H11ClN2O2S/c15-12-7-2-1-6-11(12)13(19)17-14-16-9-10(20-14)5-3-4-8-18/h1-2,6-7,9,18H,4,8H2,(H,16,17,19). The summed E-state index contributed by atoms with van der Waals surface area (Å²) >= 11 is 7.22. The molecule has 2 aromatic rings. The molecule has 1 heterocycles. The maximum Gasteiger partial charge on any atom is 0.258 e. The third kappa shape index (κ3) is 3.81. The van der Waals surface area contributed by atoms with E-state index in [-0.39, 0.29) is 12.5 Å². The smallest absolute Gasteiger partial charge is 0.258 e. The Morgan fingerprint density at radius 2 is 2.25 bits per heavy atom. The SMILES string of the molecule is O=C(Nc1ncc(C#CCCO)s1)c1ccccc1Cl. The second-order valence-electron chi connectivity index (χ2n) is 3.74. The number of carbonyl (C=O) groups is 1. The average molecular weight is 307 g/mol. The number of halogens is 1. The van der Waals surface area contributed by atoms with Crippen molar-refractivity contribution in [2.75, 3.05) is 11.9 Å². The Morgan fingerprint density at radius 3 is 3.00 bits per heavy atom.